The zero-order chi connectivity index (χ0) is 23.4. The molecule has 0 fully saturated rings. The number of pyridine rings is 1. The zero-order valence-electron chi connectivity index (χ0n) is 18.3. The number of hydrogen-bond donors (Lipinski definition) is 0. The van der Waals surface area contributed by atoms with Crippen LogP contribution in [0.25, 0.3) is 59.7 Å². The molecule has 0 unspecified atom stereocenters. The van der Waals surface area contributed by atoms with E-state index in [1.54, 1.807) is 15.9 Å². The van der Waals surface area contributed by atoms with Gasteiger partial charge in [0.15, 0.2) is 11.5 Å². The fourth-order valence-electron chi connectivity index (χ4n) is 4.37. The monoisotopic (exact) mass is 489 g/mol. The first-order valence-corrected chi connectivity index (χ1v) is 12.3. The molecule has 0 atom stereocenters. The van der Waals surface area contributed by atoms with Crippen LogP contribution in [0.1, 0.15) is 0 Å². The molecule has 0 aliphatic rings. The normalized spacial score (nSPS) is 11.6. The highest BCUT2D eigenvalue weighted by molar-refractivity contribution is 7.26. The lowest BCUT2D eigenvalue weighted by Gasteiger charge is -2.07. The highest BCUT2D eigenvalue weighted by Gasteiger charge is 2.15. The number of benzene rings is 3. The van der Waals surface area contributed by atoms with Gasteiger partial charge in [0.05, 0.1) is 15.9 Å². The number of rotatable bonds is 3. The van der Waals surface area contributed by atoms with Crippen molar-refractivity contribution in [3.63, 3.8) is 0 Å². The van der Waals surface area contributed by atoms with Crippen LogP contribution < -0.4 is 0 Å². The van der Waals surface area contributed by atoms with Gasteiger partial charge in [0.25, 0.3) is 0 Å². The van der Waals surface area contributed by atoms with Crippen molar-refractivity contribution in [1.82, 2.24) is 24.6 Å². The van der Waals surface area contributed by atoms with Crippen LogP contribution in [0.4, 0.5) is 0 Å². The molecule has 0 radical (unpaired) electrons. The lowest BCUT2D eigenvalue weighted by molar-refractivity contribution is 0.966. The summed E-state index contributed by atoms with van der Waals surface area (Å²) in [6, 6.07) is 30.8. The smallest absolute Gasteiger partial charge is 0.221 e. The van der Waals surface area contributed by atoms with Crippen molar-refractivity contribution in [1.29, 1.82) is 0 Å². The Kier molecular flexibility index (Phi) is 4.62. The van der Waals surface area contributed by atoms with Gasteiger partial charge in [0.2, 0.25) is 5.28 Å². The van der Waals surface area contributed by atoms with Gasteiger partial charge in [-0.15, -0.1) is 16.4 Å². The zero-order valence-corrected chi connectivity index (χ0v) is 19.8. The average Bonchev–Trinajstić information content (AvgIpc) is 3.50. The molecule has 0 spiro atoms. The Balaban J connectivity index is 1.29. The average molecular weight is 490 g/mol. The van der Waals surface area contributed by atoms with Crippen LogP contribution in [0.5, 0.6) is 0 Å². The fourth-order valence-corrected chi connectivity index (χ4v) is 5.69. The van der Waals surface area contributed by atoms with Gasteiger partial charge < -0.3 is 0 Å². The predicted molar refractivity (Wildman–Crippen MR) is 143 cm³/mol. The second-order valence-corrected chi connectivity index (χ2v) is 9.60. The second-order valence-electron chi connectivity index (χ2n) is 8.21. The Hall–Kier alpha value is -4.13. The van der Waals surface area contributed by atoms with Crippen LogP contribution in [0.3, 0.4) is 0 Å². The molecule has 7 aromatic rings. The van der Waals surface area contributed by atoms with E-state index in [9.17, 15) is 0 Å². The van der Waals surface area contributed by atoms with Crippen LogP contribution in [-0.4, -0.2) is 24.6 Å². The lowest BCUT2D eigenvalue weighted by Crippen LogP contribution is -1.89. The van der Waals surface area contributed by atoms with Crippen LogP contribution in [0, 0.1) is 0 Å². The summed E-state index contributed by atoms with van der Waals surface area (Å²) < 4.78 is 4.00. The van der Waals surface area contributed by atoms with Crippen molar-refractivity contribution in [2.75, 3.05) is 0 Å². The van der Waals surface area contributed by atoms with E-state index in [4.69, 9.17) is 11.6 Å². The van der Waals surface area contributed by atoms with Crippen LogP contribution in [0.15, 0.2) is 97.2 Å². The molecule has 5 nitrogen and oxygen atoms in total. The Bertz CT molecular complexity index is 1840. The van der Waals surface area contributed by atoms with E-state index in [-0.39, 0.29) is 5.28 Å². The first-order valence-electron chi connectivity index (χ1n) is 11.1. The summed E-state index contributed by atoms with van der Waals surface area (Å²) in [5.41, 5.74) is 6.77. The van der Waals surface area contributed by atoms with Gasteiger partial charge in [0, 0.05) is 27.4 Å². The summed E-state index contributed by atoms with van der Waals surface area (Å²) in [5, 5.41) is 5.93. The van der Waals surface area contributed by atoms with Gasteiger partial charge in [-0.1, -0.05) is 66.7 Å². The van der Waals surface area contributed by atoms with E-state index < -0.39 is 0 Å². The molecule has 7 heteroatoms. The van der Waals surface area contributed by atoms with E-state index in [2.05, 4.69) is 80.7 Å². The second kappa shape index (κ2) is 7.98. The van der Waals surface area contributed by atoms with Crippen LogP contribution in [0.2, 0.25) is 5.28 Å². The van der Waals surface area contributed by atoms with Gasteiger partial charge in [-0.2, -0.15) is 0 Å². The first-order chi connectivity index (χ1) is 17.2. The quantitative estimate of drug-likeness (QED) is 0.240. The van der Waals surface area contributed by atoms with Crippen molar-refractivity contribution in [3.8, 4) is 33.8 Å². The van der Waals surface area contributed by atoms with Gasteiger partial charge in [0.1, 0.15) is 0 Å². The van der Waals surface area contributed by atoms with Gasteiger partial charge in [-0.3, -0.25) is 0 Å². The Morgan fingerprint density at radius 3 is 2.37 bits per heavy atom. The molecule has 35 heavy (non-hydrogen) atoms. The maximum absolute atomic E-state index is 6.36. The summed E-state index contributed by atoms with van der Waals surface area (Å²) in [5.74, 6) is 0.708. The molecule has 166 valence electrons. The van der Waals surface area contributed by atoms with Gasteiger partial charge in [-0.25, -0.2) is 19.5 Å². The molecule has 4 heterocycles. The number of halogens is 1. The minimum atomic E-state index is 0.255. The Labute approximate surface area is 209 Å². The molecule has 4 aromatic heterocycles. The third-order valence-electron chi connectivity index (χ3n) is 6.05. The number of aromatic nitrogens is 5. The largest absolute Gasteiger partial charge is 0.223 e. The van der Waals surface area contributed by atoms with Crippen molar-refractivity contribution in [3.05, 3.63) is 102 Å². The standard InChI is InChI=1S/C28H16ClN5S/c29-28-31-24(26-25(32-28)21-8-1-2-9-22(21)35-26)20-7-5-6-19(16-20)17-11-13-18(14-12-17)27-30-23-10-3-4-15-34(23)33-27/h1-16H. The first kappa shape index (κ1) is 20.3. The van der Waals surface area contributed by atoms with Crippen molar-refractivity contribution >= 4 is 48.9 Å². The van der Waals surface area contributed by atoms with Crippen molar-refractivity contribution in [2.24, 2.45) is 0 Å². The summed E-state index contributed by atoms with van der Waals surface area (Å²) in [7, 11) is 0. The minimum Gasteiger partial charge on any atom is -0.221 e. The topological polar surface area (TPSA) is 56.0 Å². The molecular formula is C28H16ClN5S. The SMILES string of the molecule is Clc1nc(-c2cccc(-c3ccc(-c4nc5ccccn5n4)cc3)c2)c2sc3ccccc3c2n1. The molecule has 0 N–H and O–H groups in total. The maximum Gasteiger partial charge on any atom is 0.223 e. The molecule has 3 aromatic carbocycles. The van der Waals surface area contributed by atoms with Crippen molar-refractivity contribution in [2.45, 2.75) is 0 Å². The number of thiophene rings is 1. The highest BCUT2D eigenvalue weighted by atomic mass is 35.5. The van der Waals surface area contributed by atoms with Gasteiger partial charge >= 0.3 is 0 Å². The number of hydrogen-bond acceptors (Lipinski definition) is 5. The summed E-state index contributed by atoms with van der Waals surface area (Å²) in [6.45, 7) is 0. The Morgan fingerprint density at radius 1 is 0.686 bits per heavy atom. The molecule has 0 aliphatic carbocycles. The van der Waals surface area contributed by atoms with E-state index in [1.165, 1.54) is 4.70 Å². The highest BCUT2D eigenvalue weighted by Crippen LogP contribution is 2.39. The molecule has 0 aliphatic heterocycles. The predicted octanol–water partition coefficient (Wildman–Crippen LogP) is 7.54. The molecule has 0 bridgehead atoms. The third kappa shape index (κ3) is 3.46. The summed E-state index contributed by atoms with van der Waals surface area (Å²) in [6.07, 6.45) is 1.90. The molecule has 7 rings (SSSR count). The minimum absolute atomic E-state index is 0.255. The molecular weight excluding hydrogens is 474 g/mol. The van der Waals surface area contributed by atoms with E-state index in [0.29, 0.717) is 5.82 Å². The third-order valence-corrected chi connectivity index (χ3v) is 7.38. The number of fused-ring (bicyclic) bond motifs is 4. The molecule has 0 amide bonds. The summed E-state index contributed by atoms with van der Waals surface area (Å²) in [4.78, 5) is 13.8. The number of nitrogens with zero attached hydrogens (tertiary/aromatic N) is 5. The lowest BCUT2D eigenvalue weighted by atomic mass is 10.00. The van der Waals surface area contributed by atoms with Crippen LogP contribution >= 0.6 is 22.9 Å². The summed E-state index contributed by atoms with van der Waals surface area (Å²) >= 11 is 8.06. The van der Waals surface area contributed by atoms with E-state index in [0.717, 1.165) is 49.2 Å². The van der Waals surface area contributed by atoms with Gasteiger partial charge in [-0.05, 0) is 47.0 Å². The Morgan fingerprint density at radius 2 is 1.49 bits per heavy atom. The van der Waals surface area contributed by atoms with Crippen LogP contribution in [-0.2, 0) is 0 Å². The van der Waals surface area contributed by atoms with E-state index >= 15 is 0 Å². The fraction of sp³-hybridized carbons (Fsp3) is 0. The van der Waals surface area contributed by atoms with Crippen molar-refractivity contribution < 1.29 is 0 Å². The molecule has 0 saturated carbocycles. The molecule has 0 saturated heterocycles. The maximum atomic E-state index is 6.36. The van der Waals surface area contributed by atoms with E-state index in [1.807, 2.05) is 36.5 Å².